The first-order valence-electron chi connectivity index (χ1n) is 9.35. The highest BCUT2D eigenvalue weighted by molar-refractivity contribution is 5.75. The van der Waals surface area contributed by atoms with E-state index in [9.17, 15) is 4.79 Å². The number of amides is 2. The third kappa shape index (κ3) is 3.38. The van der Waals surface area contributed by atoms with Crippen LogP contribution in [0.2, 0.25) is 0 Å². The Balaban J connectivity index is 1.57. The summed E-state index contributed by atoms with van der Waals surface area (Å²) >= 11 is 0. The van der Waals surface area contributed by atoms with Crippen LogP contribution in [0.3, 0.4) is 0 Å². The van der Waals surface area contributed by atoms with Crippen molar-refractivity contribution in [1.29, 1.82) is 0 Å². The highest BCUT2D eigenvalue weighted by atomic mass is 16.2. The van der Waals surface area contributed by atoms with E-state index in [-0.39, 0.29) is 12.1 Å². The molecule has 1 aliphatic carbocycles. The number of likely N-dealkylation sites (tertiary alicyclic amines) is 1. The average Bonchev–Trinajstić information content (AvgIpc) is 3.34. The van der Waals surface area contributed by atoms with Crippen molar-refractivity contribution in [1.82, 2.24) is 25.0 Å². The SMILES string of the molecule is O=C(NC1CCCC1)N1CCCCC1c1nncn1-c1ccccc1. The van der Waals surface area contributed by atoms with Gasteiger partial charge in [-0.05, 0) is 44.2 Å². The summed E-state index contributed by atoms with van der Waals surface area (Å²) in [7, 11) is 0. The quantitative estimate of drug-likeness (QED) is 0.931. The first kappa shape index (κ1) is 16.1. The fourth-order valence-corrected chi connectivity index (χ4v) is 4.03. The van der Waals surface area contributed by atoms with Crippen molar-refractivity contribution in [3.8, 4) is 5.69 Å². The van der Waals surface area contributed by atoms with Gasteiger partial charge in [0.25, 0.3) is 0 Å². The molecular formula is C19H25N5O. The zero-order chi connectivity index (χ0) is 17.1. The van der Waals surface area contributed by atoms with E-state index in [1.807, 2.05) is 39.8 Å². The summed E-state index contributed by atoms with van der Waals surface area (Å²) in [6, 6.07) is 10.5. The minimum Gasteiger partial charge on any atom is -0.335 e. The van der Waals surface area contributed by atoms with Crippen LogP contribution in [-0.2, 0) is 0 Å². The van der Waals surface area contributed by atoms with Crippen LogP contribution in [0.4, 0.5) is 4.79 Å². The van der Waals surface area contributed by atoms with E-state index in [1.54, 1.807) is 6.33 Å². The lowest BCUT2D eigenvalue weighted by Crippen LogP contribution is -2.48. The Hall–Kier alpha value is -2.37. The molecule has 4 rings (SSSR count). The van der Waals surface area contributed by atoms with Gasteiger partial charge in [0, 0.05) is 18.3 Å². The molecule has 1 aromatic carbocycles. The Kier molecular flexibility index (Phi) is 4.68. The number of nitrogens with zero attached hydrogens (tertiary/aromatic N) is 4. The second kappa shape index (κ2) is 7.25. The van der Waals surface area contributed by atoms with Gasteiger partial charge in [-0.2, -0.15) is 0 Å². The molecule has 1 atom stereocenters. The minimum absolute atomic E-state index is 0.0159. The smallest absolute Gasteiger partial charge is 0.318 e. The van der Waals surface area contributed by atoms with E-state index in [0.717, 1.165) is 50.2 Å². The number of carbonyl (C=O) groups is 1. The number of hydrogen-bond donors (Lipinski definition) is 1. The maximum absolute atomic E-state index is 12.9. The highest BCUT2D eigenvalue weighted by Gasteiger charge is 2.33. The number of hydrogen-bond acceptors (Lipinski definition) is 3. The van der Waals surface area contributed by atoms with Crippen LogP contribution in [0.5, 0.6) is 0 Å². The fraction of sp³-hybridized carbons (Fsp3) is 0.526. The molecule has 25 heavy (non-hydrogen) atoms. The average molecular weight is 339 g/mol. The highest BCUT2D eigenvalue weighted by Crippen LogP contribution is 2.31. The molecule has 2 amide bonds. The molecule has 2 fully saturated rings. The van der Waals surface area contributed by atoms with Crippen LogP contribution in [0.25, 0.3) is 5.69 Å². The predicted molar refractivity (Wildman–Crippen MR) is 95.4 cm³/mol. The van der Waals surface area contributed by atoms with Crippen LogP contribution < -0.4 is 5.32 Å². The summed E-state index contributed by atoms with van der Waals surface area (Å²) in [5, 5.41) is 11.7. The molecule has 2 aromatic rings. The van der Waals surface area contributed by atoms with Gasteiger partial charge in [0.2, 0.25) is 0 Å². The first-order valence-corrected chi connectivity index (χ1v) is 9.35. The van der Waals surface area contributed by atoms with Crippen molar-refractivity contribution in [2.24, 2.45) is 0 Å². The lowest BCUT2D eigenvalue weighted by molar-refractivity contribution is 0.143. The molecule has 1 unspecified atom stereocenters. The van der Waals surface area contributed by atoms with Gasteiger partial charge in [0.05, 0.1) is 6.04 Å². The van der Waals surface area contributed by atoms with Gasteiger partial charge in [0.1, 0.15) is 6.33 Å². The Morgan fingerprint density at radius 2 is 1.80 bits per heavy atom. The Morgan fingerprint density at radius 3 is 2.60 bits per heavy atom. The fourth-order valence-electron chi connectivity index (χ4n) is 4.03. The summed E-state index contributed by atoms with van der Waals surface area (Å²) in [5.41, 5.74) is 1.03. The summed E-state index contributed by atoms with van der Waals surface area (Å²) in [6.07, 6.45) is 9.48. The van der Waals surface area contributed by atoms with Crippen molar-refractivity contribution in [3.63, 3.8) is 0 Å². The molecule has 0 radical (unpaired) electrons. The summed E-state index contributed by atoms with van der Waals surface area (Å²) in [6.45, 7) is 0.783. The molecule has 6 heteroatoms. The zero-order valence-electron chi connectivity index (χ0n) is 14.5. The third-order valence-electron chi connectivity index (χ3n) is 5.35. The van der Waals surface area contributed by atoms with Crippen LogP contribution in [0.15, 0.2) is 36.7 Å². The number of aromatic nitrogens is 3. The maximum Gasteiger partial charge on any atom is 0.318 e. The van der Waals surface area contributed by atoms with Gasteiger partial charge in [-0.1, -0.05) is 31.0 Å². The monoisotopic (exact) mass is 339 g/mol. The van der Waals surface area contributed by atoms with E-state index < -0.39 is 0 Å². The first-order chi connectivity index (χ1) is 12.3. The molecule has 2 heterocycles. The molecule has 1 aromatic heterocycles. The van der Waals surface area contributed by atoms with Gasteiger partial charge >= 0.3 is 6.03 Å². The zero-order valence-corrected chi connectivity index (χ0v) is 14.5. The van der Waals surface area contributed by atoms with E-state index in [1.165, 1.54) is 12.8 Å². The van der Waals surface area contributed by atoms with E-state index in [4.69, 9.17) is 0 Å². The molecule has 0 bridgehead atoms. The molecule has 1 aliphatic heterocycles. The van der Waals surface area contributed by atoms with Crippen molar-refractivity contribution in [3.05, 3.63) is 42.5 Å². The number of benzene rings is 1. The number of urea groups is 1. The van der Waals surface area contributed by atoms with Crippen molar-refractivity contribution in [2.45, 2.75) is 57.0 Å². The van der Waals surface area contributed by atoms with Gasteiger partial charge in [-0.25, -0.2) is 4.79 Å². The Labute approximate surface area is 148 Å². The molecule has 1 N–H and O–H groups in total. The Bertz CT molecular complexity index is 708. The number of piperidine rings is 1. The van der Waals surface area contributed by atoms with Crippen molar-refractivity contribution in [2.75, 3.05) is 6.54 Å². The van der Waals surface area contributed by atoms with E-state index >= 15 is 0 Å². The third-order valence-corrected chi connectivity index (χ3v) is 5.35. The van der Waals surface area contributed by atoms with Crippen LogP contribution in [0, 0.1) is 0 Å². The standard InChI is InChI=1S/C19H25N5O/c25-19(21-15-8-4-5-9-15)23-13-7-6-12-17(23)18-22-20-14-24(18)16-10-2-1-3-11-16/h1-3,10-11,14-15,17H,4-9,12-13H2,(H,21,25). The number of nitrogens with one attached hydrogen (secondary N) is 1. The lowest BCUT2D eigenvalue weighted by atomic mass is 10.0. The molecular weight excluding hydrogens is 314 g/mol. The molecule has 0 spiro atoms. The van der Waals surface area contributed by atoms with Gasteiger partial charge in [-0.15, -0.1) is 10.2 Å². The molecule has 6 nitrogen and oxygen atoms in total. The number of para-hydroxylation sites is 1. The summed E-state index contributed by atoms with van der Waals surface area (Å²) in [4.78, 5) is 14.8. The lowest BCUT2D eigenvalue weighted by Gasteiger charge is -2.35. The minimum atomic E-state index is -0.0159. The molecule has 1 saturated heterocycles. The topological polar surface area (TPSA) is 63.1 Å². The second-order valence-corrected chi connectivity index (χ2v) is 7.03. The van der Waals surface area contributed by atoms with E-state index in [0.29, 0.717) is 6.04 Å². The summed E-state index contributed by atoms with van der Waals surface area (Å²) in [5.74, 6) is 0.854. The van der Waals surface area contributed by atoms with Crippen LogP contribution in [-0.4, -0.2) is 38.3 Å². The number of carbonyl (C=O) groups excluding carboxylic acids is 1. The normalized spacial score (nSPS) is 21.4. The molecule has 132 valence electrons. The summed E-state index contributed by atoms with van der Waals surface area (Å²) < 4.78 is 2.01. The second-order valence-electron chi connectivity index (χ2n) is 7.03. The molecule has 2 aliphatic rings. The van der Waals surface area contributed by atoms with Crippen molar-refractivity contribution >= 4 is 6.03 Å². The van der Waals surface area contributed by atoms with Crippen molar-refractivity contribution < 1.29 is 4.79 Å². The van der Waals surface area contributed by atoms with Gasteiger partial charge in [-0.3, -0.25) is 4.57 Å². The number of rotatable bonds is 3. The van der Waals surface area contributed by atoms with Crippen LogP contribution in [0.1, 0.15) is 56.8 Å². The predicted octanol–water partition coefficient (Wildman–Crippen LogP) is 3.45. The van der Waals surface area contributed by atoms with Gasteiger partial charge in [0.15, 0.2) is 5.82 Å². The largest absolute Gasteiger partial charge is 0.335 e. The Morgan fingerprint density at radius 1 is 1.04 bits per heavy atom. The van der Waals surface area contributed by atoms with E-state index in [2.05, 4.69) is 15.5 Å². The van der Waals surface area contributed by atoms with Crippen LogP contribution >= 0.6 is 0 Å². The maximum atomic E-state index is 12.9. The molecule has 1 saturated carbocycles. The van der Waals surface area contributed by atoms with Gasteiger partial charge < -0.3 is 10.2 Å².